The summed E-state index contributed by atoms with van der Waals surface area (Å²) < 4.78 is 23.0. The highest BCUT2D eigenvalue weighted by Gasteiger charge is 2.33. The Bertz CT molecular complexity index is 544. The molecule has 1 aliphatic rings. The summed E-state index contributed by atoms with van der Waals surface area (Å²) in [6.07, 6.45) is 2.78. The van der Waals surface area contributed by atoms with E-state index >= 15 is 0 Å². The fourth-order valence-electron chi connectivity index (χ4n) is 1.58. The van der Waals surface area contributed by atoms with Gasteiger partial charge in [-0.25, -0.2) is 8.42 Å². The van der Waals surface area contributed by atoms with Gasteiger partial charge in [-0.3, -0.25) is 4.79 Å². The molecule has 5 heteroatoms. The van der Waals surface area contributed by atoms with Crippen LogP contribution in [0.25, 0.3) is 0 Å². The summed E-state index contributed by atoms with van der Waals surface area (Å²) in [7, 11) is -3.38. The lowest BCUT2D eigenvalue weighted by Gasteiger charge is -2.06. The van der Waals surface area contributed by atoms with Gasteiger partial charge in [-0.2, -0.15) is 0 Å². The van der Waals surface area contributed by atoms with Gasteiger partial charge < -0.3 is 0 Å². The predicted octanol–water partition coefficient (Wildman–Crippen LogP) is 2.34. The zero-order valence-electron chi connectivity index (χ0n) is 8.73. The Morgan fingerprint density at radius 2 is 2.00 bits per heavy atom. The van der Waals surface area contributed by atoms with E-state index in [2.05, 4.69) is 0 Å². The van der Waals surface area contributed by atoms with Crippen LogP contribution in [0.5, 0.6) is 0 Å². The molecule has 86 valence electrons. The average Bonchev–Trinajstić information content (AvgIpc) is 2.97. The maximum Gasteiger partial charge on any atom is 0.176 e. The van der Waals surface area contributed by atoms with Crippen molar-refractivity contribution in [3.05, 3.63) is 28.8 Å². The molecular formula is C11H11ClO3S. The van der Waals surface area contributed by atoms with Gasteiger partial charge in [0.05, 0.1) is 4.90 Å². The molecule has 0 aliphatic heterocycles. The van der Waals surface area contributed by atoms with Crippen molar-refractivity contribution in [1.82, 2.24) is 0 Å². The molecule has 0 atom stereocenters. The van der Waals surface area contributed by atoms with Crippen molar-refractivity contribution < 1.29 is 13.2 Å². The molecule has 2 rings (SSSR count). The van der Waals surface area contributed by atoms with Crippen molar-refractivity contribution in [3.8, 4) is 0 Å². The number of hydrogen-bond donors (Lipinski definition) is 0. The van der Waals surface area contributed by atoms with Gasteiger partial charge in [-0.1, -0.05) is 11.6 Å². The van der Waals surface area contributed by atoms with E-state index in [-0.39, 0.29) is 22.2 Å². The molecule has 16 heavy (non-hydrogen) atoms. The van der Waals surface area contributed by atoms with E-state index in [0.29, 0.717) is 5.02 Å². The summed E-state index contributed by atoms with van der Waals surface area (Å²) in [6, 6.07) is 4.33. The number of sulfone groups is 1. The molecule has 1 aromatic carbocycles. The molecule has 1 fully saturated rings. The monoisotopic (exact) mass is 258 g/mol. The van der Waals surface area contributed by atoms with E-state index in [1.54, 1.807) is 0 Å². The van der Waals surface area contributed by atoms with Gasteiger partial charge in [0.1, 0.15) is 0 Å². The number of hydrogen-bond acceptors (Lipinski definition) is 3. The Balaban J connectivity index is 2.56. The highest BCUT2D eigenvalue weighted by atomic mass is 35.5. The molecule has 0 spiro atoms. The Labute approximate surface area is 99.3 Å². The zero-order valence-corrected chi connectivity index (χ0v) is 10.3. The third-order valence-electron chi connectivity index (χ3n) is 2.55. The molecule has 1 aromatic rings. The summed E-state index contributed by atoms with van der Waals surface area (Å²) in [6.45, 7) is 0. The molecule has 0 bridgehead atoms. The number of halogens is 1. The number of Topliss-reactive ketones (excluding diaryl/α,β-unsaturated/α-hetero) is 1. The standard InChI is InChI=1S/C11H11ClO3S/c1-16(14,15)10-5-4-8(12)6-9(10)11(13)7-2-3-7/h4-7H,2-3H2,1H3. The van der Waals surface area contributed by atoms with Gasteiger partial charge >= 0.3 is 0 Å². The quantitative estimate of drug-likeness (QED) is 0.782. The van der Waals surface area contributed by atoms with Gasteiger partial charge in [-0.05, 0) is 31.0 Å². The first-order valence-corrected chi connectivity index (χ1v) is 7.20. The van der Waals surface area contributed by atoms with E-state index in [1.807, 2.05) is 0 Å². The highest BCUT2D eigenvalue weighted by molar-refractivity contribution is 7.90. The first-order valence-electron chi connectivity index (χ1n) is 4.93. The van der Waals surface area contributed by atoms with Crippen LogP contribution >= 0.6 is 11.6 Å². The van der Waals surface area contributed by atoms with Crippen molar-refractivity contribution in [1.29, 1.82) is 0 Å². The minimum absolute atomic E-state index is 0.0148. The molecule has 0 radical (unpaired) electrons. The van der Waals surface area contributed by atoms with E-state index < -0.39 is 9.84 Å². The van der Waals surface area contributed by atoms with E-state index in [9.17, 15) is 13.2 Å². The topological polar surface area (TPSA) is 51.2 Å². The molecule has 0 amide bonds. The van der Waals surface area contributed by atoms with E-state index in [4.69, 9.17) is 11.6 Å². The second kappa shape index (κ2) is 3.86. The normalized spacial score (nSPS) is 16.1. The van der Waals surface area contributed by atoms with Crippen LogP contribution < -0.4 is 0 Å². The summed E-state index contributed by atoms with van der Waals surface area (Å²) in [5, 5.41) is 0.386. The van der Waals surface area contributed by atoms with Crippen molar-refractivity contribution in [3.63, 3.8) is 0 Å². The Hall–Kier alpha value is -0.870. The Morgan fingerprint density at radius 3 is 2.50 bits per heavy atom. The minimum Gasteiger partial charge on any atom is -0.294 e. The van der Waals surface area contributed by atoms with Crippen LogP contribution in [0.15, 0.2) is 23.1 Å². The van der Waals surface area contributed by atoms with E-state index in [0.717, 1.165) is 19.1 Å². The number of carbonyl (C=O) groups excluding carboxylic acids is 1. The van der Waals surface area contributed by atoms with Crippen molar-refractivity contribution in [2.45, 2.75) is 17.7 Å². The maximum atomic E-state index is 11.9. The van der Waals surface area contributed by atoms with Crippen molar-refractivity contribution >= 4 is 27.2 Å². The molecule has 0 unspecified atom stereocenters. The second-order valence-corrected chi connectivity index (χ2v) is 6.47. The molecule has 0 N–H and O–H groups in total. The molecule has 3 nitrogen and oxygen atoms in total. The third-order valence-corrected chi connectivity index (χ3v) is 3.94. The lowest BCUT2D eigenvalue weighted by molar-refractivity contribution is 0.0964. The van der Waals surface area contributed by atoms with Gasteiger partial charge in [0.25, 0.3) is 0 Å². The molecule has 0 saturated heterocycles. The molecule has 1 aliphatic carbocycles. The van der Waals surface area contributed by atoms with Crippen LogP contribution in [-0.4, -0.2) is 20.5 Å². The predicted molar refractivity (Wildman–Crippen MR) is 61.6 cm³/mol. The van der Waals surface area contributed by atoms with Crippen LogP contribution in [0.1, 0.15) is 23.2 Å². The largest absolute Gasteiger partial charge is 0.294 e. The summed E-state index contributed by atoms with van der Waals surface area (Å²) in [5.74, 6) is -0.123. The molecular weight excluding hydrogens is 248 g/mol. The van der Waals surface area contributed by atoms with Crippen LogP contribution in [0.3, 0.4) is 0 Å². The molecule has 0 heterocycles. The summed E-state index contributed by atoms with van der Waals surface area (Å²) in [4.78, 5) is 12.0. The summed E-state index contributed by atoms with van der Waals surface area (Å²) in [5.41, 5.74) is 0.234. The number of benzene rings is 1. The highest BCUT2D eigenvalue weighted by Crippen LogP contribution is 2.35. The first kappa shape index (κ1) is 11.6. The second-order valence-electron chi connectivity index (χ2n) is 4.05. The average molecular weight is 259 g/mol. The van der Waals surface area contributed by atoms with Crippen LogP contribution in [0.4, 0.5) is 0 Å². The third kappa shape index (κ3) is 2.28. The lowest BCUT2D eigenvalue weighted by atomic mass is 10.1. The van der Waals surface area contributed by atoms with Gasteiger partial charge in [-0.15, -0.1) is 0 Å². The fourth-order valence-corrected chi connectivity index (χ4v) is 2.63. The Kier molecular flexibility index (Phi) is 2.80. The zero-order chi connectivity index (χ0) is 11.9. The fraction of sp³-hybridized carbons (Fsp3) is 0.364. The number of rotatable bonds is 3. The van der Waals surface area contributed by atoms with Gasteiger partial charge in [0.15, 0.2) is 15.6 Å². The van der Waals surface area contributed by atoms with Crippen molar-refractivity contribution in [2.75, 3.05) is 6.26 Å². The molecule has 1 saturated carbocycles. The summed E-state index contributed by atoms with van der Waals surface area (Å²) >= 11 is 5.79. The lowest BCUT2D eigenvalue weighted by Crippen LogP contribution is -2.09. The maximum absolute atomic E-state index is 11.9. The SMILES string of the molecule is CS(=O)(=O)c1ccc(Cl)cc1C(=O)C1CC1. The minimum atomic E-state index is -3.38. The van der Waals surface area contributed by atoms with Gasteiger partial charge in [0.2, 0.25) is 0 Å². The van der Waals surface area contributed by atoms with Crippen molar-refractivity contribution in [2.24, 2.45) is 5.92 Å². The molecule has 0 aromatic heterocycles. The van der Waals surface area contributed by atoms with Gasteiger partial charge in [0, 0.05) is 22.8 Å². The smallest absolute Gasteiger partial charge is 0.176 e. The Morgan fingerprint density at radius 1 is 1.38 bits per heavy atom. The number of carbonyl (C=O) groups is 1. The number of ketones is 1. The van der Waals surface area contributed by atoms with E-state index in [1.165, 1.54) is 18.2 Å². The van der Waals surface area contributed by atoms with Crippen LogP contribution in [-0.2, 0) is 9.84 Å². The van der Waals surface area contributed by atoms with Crippen LogP contribution in [0.2, 0.25) is 5.02 Å². The van der Waals surface area contributed by atoms with Crippen LogP contribution in [0, 0.1) is 5.92 Å². The first-order chi connectivity index (χ1) is 7.39.